The topological polar surface area (TPSA) is 36.4 Å². The van der Waals surface area contributed by atoms with E-state index >= 15 is 0 Å². The van der Waals surface area contributed by atoms with Crippen LogP contribution in [0.3, 0.4) is 0 Å². The molecule has 0 aliphatic heterocycles. The predicted molar refractivity (Wildman–Crippen MR) is 86.3 cm³/mol. The summed E-state index contributed by atoms with van der Waals surface area (Å²) in [6.07, 6.45) is 3.65. The summed E-state index contributed by atoms with van der Waals surface area (Å²) in [6.45, 7) is 6.50. The Kier molecular flexibility index (Phi) is 5.45. The second-order valence-corrected chi connectivity index (χ2v) is 6.02. The first-order valence-corrected chi connectivity index (χ1v) is 7.73. The number of fused-ring (bicyclic) bond motifs is 1. The van der Waals surface area contributed by atoms with Crippen LogP contribution in [0.15, 0.2) is 29.3 Å². The van der Waals surface area contributed by atoms with Crippen LogP contribution >= 0.6 is 0 Å². The third-order valence-corrected chi connectivity index (χ3v) is 3.95. The van der Waals surface area contributed by atoms with Crippen LogP contribution < -0.4 is 10.6 Å². The smallest absolute Gasteiger partial charge is 0.190 e. The van der Waals surface area contributed by atoms with Crippen molar-refractivity contribution >= 4 is 5.96 Å². The molecule has 1 aliphatic carbocycles. The summed E-state index contributed by atoms with van der Waals surface area (Å²) in [5, 5.41) is 6.83. The largest absolute Gasteiger partial charge is 0.356 e. The van der Waals surface area contributed by atoms with E-state index in [1.54, 1.807) is 0 Å². The van der Waals surface area contributed by atoms with E-state index in [4.69, 9.17) is 0 Å². The monoisotopic (exact) mass is 273 g/mol. The Balaban J connectivity index is 1.68. The molecule has 0 saturated heterocycles. The molecule has 1 aromatic carbocycles. The Morgan fingerprint density at radius 2 is 2.10 bits per heavy atom. The van der Waals surface area contributed by atoms with Gasteiger partial charge in [-0.1, -0.05) is 38.1 Å². The Bertz CT molecular complexity index is 451. The van der Waals surface area contributed by atoms with Crippen molar-refractivity contribution in [1.82, 2.24) is 10.6 Å². The van der Waals surface area contributed by atoms with Crippen LogP contribution in [0.1, 0.15) is 43.7 Å². The van der Waals surface area contributed by atoms with Gasteiger partial charge in [-0.05, 0) is 36.3 Å². The zero-order chi connectivity index (χ0) is 14.4. The first-order valence-electron chi connectivity index (χ1n) is 7.73. The molecular weight excluding hydrogens is 246 g/mol. The van der Waals surface area contributed by atoms with Crippen molar-refractivity contribution in [3.05, 3.63) is 35.4 Å². The fourth-order valence-electron chi connectivity index (χ4n) is 2.70. The fourth-order valence-corrected chi connectivity index (χ4v) is 2.70. The molecule has 0 amide bonds. The number of rotatable bonds is 6. The van der Waals surface area contributed by atoms with E-state index in [9.17, 15) is 0 Å². The predicted octanol–water partition coefficient (Wildman–Crippen LogP) is 2.93. The summed E-state index contributed by atoms with van der Waals surface area (Å²) >= 11 is 0. The molecule has 3 heteroatoms. The molecule has 1 aliphatic rings. The van der Waals surface area contributed by atoms with Gasteiger partial charge in [-0.2, -0.15) is 0 Å². The van der Waals surface area contributed by atoms with Crippen LogP contribution in [0.2, 0.25) is 0 Å². The molecule has 0 radical (unpaired) electrons. The van der Waals surface area contributed by atoms with Gasteiger partial charge in [0.25, 0.3) is 0 Å². The maximum absolute atomic E-state index is 4.29. The Labute approximate surface area is 122 Å². The van der Waals surface area contributed by atoms with Crippen LogP contribution in [0.25, 0.3) is 0 Å². The van der Waals surface area contributed by atoms with Gasteiger partial charge in [-0.25, -0.2) is 0 Å². The van der Waals surface area contributed by atoms with Gasteiger partial charge in [0.15, 0.2) is 5.96 Å². The van der Waals surface area contributed by atoms with Gasteiger partial charge < -0.3 is 10.6 Å². The van der Waals surface area contributed by atoms with Crippen molar-refractivity contribution in [1.29, 1.82) is 0 Å². The Morgan fingerprint density at radius 3 is 2.80 bits per heavy atom. The number of aliphatic imine (C=N–C) groups is 1. The van der Waals surface area contributed by atoms with E-state index in [0.29, 0.717) is 5.92 Å². The normalized spacial score (nSPS) is 17.6. The third-order valence-electron chi connectivity index (χ3n) is 3.95. The minimum atomic E-state index is 0.639. The Morgan fingerprint density at radius 1 is 1.30 bits per heavy atom. The van der Waals surface area contributed by atoms with Gasteiger partial charge in [-0.15, -0.1) is 0 Å². The number of hydrogen-bond donors (Lipinski definition) is 2. The molecule has 2 N–H and O–H groups in total. The summed E-state index contributed by atoms with van der Waals surface area (Å²) in [4.78, 5) is 4.29. The fraction of sp³-hybridized carbons (Fsp3) is 0.588. The van der Waals surface area contributed by atoms with Crippen LogP contribution in [-0.4, -0.2) is 26.1 Å². The van der Waals surface area contributed by atoms with E-state index in [2.05, 4.69) is 53.7 Å². The maximum Gasteiger partial charge on any atom is 0.190 e. The minimum absolute atomic E-state index is 0.639. The highest BCUT2D eigenvalue weighted by atomic mass is 15.2. The first kappa shape index (κ1) is 14.9. The van der Waals surface area contributed by atoms with Crippen molar-refractivity contribution in [2.24, 2.45) is 10.9 Å². The molecule has 1 unspecified atom stereocenters. The summed E-state index contributed by atoms with van der Waals surface area (Å²) in [6, 6.07) is 8.72. The summed E-state index contributed by atoms with van der Waals surface area (Å²) in [5.74, 6) is 2.34. The van der Waals surface area contributed by atoms with E-state index in [1.165, 1.54) is 30.4 Å². The third kappa shape index (κ3) is 3.99. The molecule has 0 heterocycles. The van der Waals surface area contributed by atoms with Crippen LogP contribution in [0.4, 0.5) is 0 Å². The van der Waals surface area contributed by atoms with Crippen LogP contribution in [0.5, 0.6) is 0 Å². The molecule has 0 fully saturated rings. The average Bonchev–Trinajstić information content (AvgIpc) is 2.41. The lowest BCUT2D eigenvalue weighted by Gasteiger charge is -2.30. The molecule has 0 spiro atoms. The second-order valence-electron chi connectivity index (χ2n) is 6.02. The number of nitrogens with one attached hydrogen (secondary N) is 2. The molecular formula is C17H27N3. The van der Waals surface area contributed by atoms with Crippen molar-refractivity contribution < 1.29 is 0 Å². The molecule has 2 rings (SSSR count). The number of nitrogens with zero attached hydrogens (tertiary/aromatic N) is 1. The van der Waals surface area contributed by atoms with E-state index in [0.717, 1.165) is 25.0 Å². The Hall–Kier alpha value is -1.51. The summed E-state index contributed by atoms with van der Waals surface area (Å²) in [7, 11) is 1.84. The lowest BCUT2D eigenvalue weighted by molar-refractivity contribution is 0.545. The number of guanidine groups is 1. The molecule has 0 aromatic heterocycles. The highest BCUT2D eigenvalue weighted by Gasteiger charge is 2.25. The van der Waals surface area contributed by atoms with Gasteiger partial charge in [0.2, 0.25) is 0 Å². The molecule has 3 nitrogen and oxygen atoms in total. The van der Waals surface area contributed by atoms with Crippen molar-refractivity contribution in [3.8, 4) is 0 Å². The van der Waals surface area contributed by atoms with Crippen molar-refractivity contribution in [3.63, 3.8) is 0 Å². The highest BCUT2D eigenvalue weighted by Crippen LogP contribution is 2.33. The second kappa shape index (κ2) is 7.32. The summed E-state index contributed by atoms with van der Waals surface area (Å²) < 4.78 is 0. The SMILES string of the molecule is CN=C(NCCCC(C)C)NCC1Cc2ccccc21. The standard InChI is InChI=1S/C17H27N3/c1-13(2)7-6-10-19-17(18-3)20-12-15-11-14-8-4-5-9-16(14)15/h4-5,8-9,13,15H,6-7,10-12H2,1-3H3,(H2,18,19,20). The van der Waals surface area contributed by atoms with Gasteiger partial charge in [-0.3, -0.25) is 4.99 Å². The molecule has 1 aromatic rings. The lowest BCUT2D eigenvalue weighted by atomic mass is 9.78. The molecule has 110 valence electrons. The average molecular weight is 273 g/mol. The van der Waals surface area contributed by atoms with Crippen molar-refractivity contribution in [2.75, 3.05) is 20.1 Å². The van der Waals surface area contributed by atoms with Gasteiger partial charge in [0.1, 0.15) is 0 Å². The minimum Gasteiger partial charge on any atom is -0.356 e. The molecule has 1 atom stereocenters. The molecule has 0 saturated carbocycles. The number of hydrogen-bond acceptors (Lipinski definition) is 1. The lowest BCUT2D eigenvalue weighted by Crippen LogP contribution is -2.41. The van der Waals surface area contributed by atoms with Crippen LogP contribution in [-0.2, 0) is 6.42 Å². The summed E-state index contributed by atoms with van der Waals surface area (Å²) in [5.41, 5.74) is 2.99. The zero-order valence-corrected chi connectivity index (χ0v) is 12.9. The molecule has 0 bridgehead atoms. The van der Waals surface area contributed by atoms with Crippen LogP contribution in [0, 0.1) is 5.92 Å². The first-order chi connectivity index (χ1) is 9.70. The zero-order valence-electron chi connectivity index (χ0n) is 12.9. The molecule has 20 heavy (non-hydrogen) atoms. The maximum atomic E-state index is 4.29. The van der Waals surface area contributed by atoms with Gasteiger partial charge >= 0.3 is 0 Å². The quantitative estimate of drug-likeness (QED) is 0.475. The van der Waals surface area contributed by atoms with Gasteiger partial charge in [0, 0.05) is 26.1 Å². The van der Waals surface area contributed by atoms with E-state index in [-0.39, 0.29) is 0 Å². The number of benzene rings is 1. The van der Waals surface area contributed by atoms with E-state index < -0.39 is 0 Å². The van der Waals surface area contributed by atoms with Gasteiger partial charge in [0.05, 0.1) is 0 Å². The highest BCUT2D eigenvalue weighted by molar-refractivity contribution is 5.79. The van der Waals surface area contributed by atoms with Crippen molar-refractivity contribution in [2.45, 2.75) is 39.0 Å². The van der Waals surface area contributed by atoms with E-state index in [1.807, 2.05) is 7.05 Å².